The van der Waals surface area contributed by atoms with Crippen molar-refractivity contribution >= 4 is 23.5 Å². The molecule has 0 bridgehead atoms. The van der Waals surface area contributed by atoms with Crippen LogP contribution in [0.2, 0.25) is 0 Å². The molecule has 7 nitrogen and oxygen atoms in total. The SMILES string of the molecule is O=C(CC1Cn2ncnc2NC1=O)Nc1cccc(F)c1. The summed E-state index contributed by atoms with van der Waals surface area (Å²) in [5, 5.41) is 9.10. The Hall–Kier alpha value is -2.77. The van der Waals surface area contributed by atoms with Crippen molar-refractivity contribution in [3.8, 4) is 0 Å². The molecule has 1 aromatic heterocycles. The molecule has 1 aliphatic rings. The number of nitrogens with one attached hydrogen (secondary N) is 2. The zero-order chi connectivity index (χ0) is 14.8. The summed E-state index contributed by atoms with van der Waals surface area (Å²) in [5.41, 5.74) is 0.359. The number of hydrogen-bond acceptors (Lipinski definition) is 4. The maximum Gasteiger partial charge on any atom is 0.232 e. The normalized spacial score (nSPS) is 17.0. The smallest absolute Gasteiger partial charge is 0.232 e. The number of rotatable bonds is 3. The van der Waals surface area contributed by atoms with Crippen LogP contribution in [0.3, 0.4) is 0 Å². The van der Waals surface area contributed by atoms with Crippen LogP contribution < -0.4 is 10.6 Å². The van der Waals surface area contributed by atoms with Crippen LogP contribution >= 0.6 is 0 Å². The molecule has 0 saturated heterocycles. The highest BCUT2D eigenvalue weighted by Gasteiger charge is 2.29. The van der Waals surface area contributed by atoms with Gasteiger partial charge in [-0.05, 0) is 18.2 Å². The molecule has 2 amide bonds. The predicted molar refractivity (Wildman–Crippen MR) is 71.8 cm³/mol. The second kappa shape index (κ2) is 5.31. The summed E-state index contributed by atoms with van der Waals surface area (Å²) in [6.45, 7) is 0.289. The molecular formula is C13H12FN5O2. The fourth-order valence-electron chi connectivity index (χ4n) is 2.16. The van der Waals surface area contributed by atoms with Gasteiger partial charge in [-0.25, -0.2) is 9.07 Å². The van der Waals surface area contributed by atoms with Crippen LogP contribution in [0, 0.1) is 11.7 Å². The largest absolute Gasteiger partial charge is 0.326 e. The molecule has 1 aromatic carbocycles. The molecule has 0 aliphatic carbocycles. The summed E-state index contributed by atoms with van der Waals surface area (Å²) < 4.78 is 14.6. The van der Waals surface area contributed by atoms with Crippen molar-refractivity contribution in [2.24, 2.45) is 5.92 Å². The Morgan fingerprint density at radius 3 is 3.19 bits per heavy atom. The second-order valence-corrected chi connectivity index (χ2v) is 4.71. The minimum atomic E-state index is -0.534. The van der Waals surface area contributed by atoms with E-state index < -0.39 is 11.7 Å². The molecule has 1 aliphatic heterocycles. The zero-order valence-corrected chi connectivity index (χ0v) is 10.9. The number of carbonyl (C=O) groups excluding carboxylic acids is 2. The number of hydrogen-bond donors (Lipinski definition) is 2. The quantitative estimate of drug-likeness (QED) is 0.882. The lowest BCUT2D eigenvalue weighted by Gasteiger charge is -2.21. The number of fused-ring (bicyclic) bond motifs is 1. The monoisotopic (exact) mass is 289 g/mol. The zero-order valence-electron chi connectivity index (χ0n) is 10.9. The van der Waals surface area contributed by atoms with E-state index in [4.69, 9.17) is 0 Å². The molecular weight excluding hydrogens is 277 g/mol. The van der Waals surface area contributed by atoms with Gasteiger partial charge >= 0.3 is 0 Å². The van der Waals surface area contributed by atoms with Crippen LogP contribution in [0.15, 0.2) is 30.6 Å². The third-order valence-electron chi connectivity index (χ3n) is 3.15. The van der Waals surface area contributed by atoms with E-state index in [1.54, 1.807) is 6.07 Å². The van der Waals surface area contributed by atoms with E-state index in [1.165, 1.54) is 29.2 Å². The molecule has 108 valence electrons. The van der Waals surface area contributed by atoms with Gasteiger partial charge in [0.2, 0.25) is 17.8 Å². The highest BCUT2D eigenvalue weighted by molar-refractivity contribution is 5.98. The standard InChI is InChI=1S/C13H12FN5O2/c14-9-2-1-3-10(5-9)17-11(20)4-8-6-19-13(15-7-16-19)18-12(8)21/h1-3,5,7-8H,4,6H2,(H,17,20)(H,15,16,18,21). The third kappa shape index (κ3) is 2.88. The summed E-state index contributed by atoms with van der Waals surface area (Å²) >= 11 is 0. The van der Waals surface area contributed by atoms with Gasteiger partial charge in [0.05, 0.1) is 12.5 Å². The van der Waals surface area contributed by atoms with Gasteiger partial charge in [-0.2, -0.15) is 10.1 Å². The summed E-state index contributed by atoms with van der Waals surface area (Å²) in [7, 11) is 0. The Bertz CT molecular complexity index is 699. The minimum Gasteiger partial charge on any atom is -0.326 e. The van der Waals surface area contributed by atoms with Crippen LogP contribution in [0.4, 0.5) is 16.0 Å². The van der Waals surface area contributed by atoms with Crippen molar-refractivity contribution in [3.05, 3.63) is 36.4 Å². The minimum absolute atomic E-state index is 0.0123. The first-order valence-electron chi connectivity index (χ1n) is 6.36. The van der Waals surface area contributed by atoms with E-state index in [2.05, 4.69) is 20.7 Å². The highest BCUT2D eigenvalue weighted by atomic mass is 19.1. The Kier molecular flexibility index (Phi) is 3.35. The maximum absolute atomic E-state index is 13.0. The van der Waals surface area contributed by atoms with Crippen LogP contribution in [-0.2, 0) is 16.1 Å². The first-order valence-corrected chi connectivity index (χ1v) is 6.36. The molecule has 0 radical (unpaired) electrons. The van der Waals surface area contributed by atoms with E-state index in [1.807, 2.05) is 0 Å². The number of nitrogens with zero attached hydrogens (tertiary/aromatic N) is 3. The molecule has 2 aromatic rings. The lowest BCUT2D eigenvalue weighted by Crippen LogP contribution is -2.36. The highest BCUT2D eigenvalue weighted by Crippen LogP contribution is 2.19. The number of carbonyl (C=O) groups is 2. The molecule has 0 fully saturated rings. The first kappa shape index (κ1) is 13.2. The average molecular weight is 289 g/mol. The van der Waals surface area contributed by atoms with Crippen LogP contribution in [-0.4, -0.2) is 26.6 Å². The Morgan fingerprint density at radius 1 is 1.52 bits per heavy atom. The Balaban J connectivity index is 1.64. The summed E-state index contributed by atoms with van der Waals surface area (Å²) in [5.74, 6) is -1.22. The molecule has 8 heteroatoms. The van der Waals surface area contributed by atoms with Gasteiger partial charge in [0.1, 0.15) is 12.1 Å². The van der Waals surface area contributed by atoms with E-state index in [-0.39, 0.29) is 24.8 Å². The van der Waals surface area contributed by atoms with Crippen molar-refractivity contribution in [1.29, 1.82) is 0 Å². The fraction of sp³-hybridized carbons (Fsp3) is 0.231. The van der Waals surface area contributed by atoms with Gasteiger partial charge in [-0.15, -0.1) is 0 Å². The maximum atomic E-state index is 13.0. The molecule has 0 saturated carbocycles. The number of aromatic nitrogens is 3. The Labute approximate surface area is 119 Å². The molecule has 21 heavy (non-hydrogen) atoms. The summed E-state index contributed by atoms with van der Waals surface area (Å²) in [4.78, 5) is 27.7. The van der Waals surface area contributed by atoms with Gasteiger partial charge in [-0.3, -0.25) is 14.9 Å². The molecule has 3 rings (SSSR count). The Morgan fingerprint density at radius 2 is 2.38 bits per heavy atom. The van der Waals surface area contributed by atoms with Gasteiger partial charge in [0.25, 0.3) is 0 Å². The molecule has 1 unspecified atom stereocenters. The number of benzene rings is 1. The number of anilines is 2. The third-order valence-corrected chi connectivity index (χ3v) is 3.15. The van der Waals surface area contributed by atoms with Crippen molar-refractivity contribution in [3.63, 3.8) is 0 Å². The van der Waals surface area contributed by atoms with Crippen LogP contribution in [0.5, 0.6) is 0 Å². The van der Waals surface area contributed by atoms with Crippen molar-refractivity contribution in [2.75, 3.05) is 10.6 Å². The van der Waals surface area contributed by atoms with E-state index in [0.717, 1.165) is 0 Å². The van der Waals surface area contributed by atoms with Gasteiger partial charge in [0.15, 0.2) is 0 Å². The van der Waals surface area contributed by atoms with E-state index >= 15 is 0 Å². The molecule has 1 atom stereocenters. The van der Waals surface area contributed by atoms with E-state index in [0.29, 0.717) is 11.6 Å². The molecule has 0 spiro atoms. The molecule has 2 heterocycles. The van der Waals surface area contributed by atoms with E-state index in [9.17, 15) is 14.0 Å². The second-order valence-electron chi connectivity index (χ2n) is 4.71. The van der Waals surface area contributed by atoms with Gasteiger partial charge in [0, 0.05) is 12.1 Å². The predicted octanol–water partition coefficient (Wildman–Crippen LogP) is 1.01. The average Bonchev–Trinajstić information content (AvgIpc) is 2.86. The van der Waals surface area contributed by atoms with Gasteiger partial charge < -0.3 is 5.32 Å². The van der Waals surface area contributed by atoms with Crippen LogP contribution in [0.1, 0.15) is 6.42 Å². The van der Waals surface area contributed by atoms with Crippen molar-refractivity contribution in [2.45, 2.75) is 13.0 Å². The number of halogens is 1. The van der Waals surface area contributed by atoms with Crippen LogP contribution in [0.25, 0.3) is 0 Å². The fourth-order valence-corrected chi connectivity index (χ4v) is 2.16. The first-order chi connectivity index (χ1) is 10.1. The topological polar surface area (TPSA) is 88.9 Å². The summed E-state index contributed by atoms with van der Waals surface area (Å²) in [6, 6.07) is 5.59. The van der Waals surface area contributed by atoms with Gasteiger partial charge in [-0.1, -0.05) is 6.07 Å². The molecule has 2 N–H and O–H groups in total. The lowest BCUT2D eigenvalue weighted by atomic mass is 10.0. The lowest BCUT2D eigenvalue weighted by molar-refractivity contribution is -0.125. The number of amides is 2. The summed E-state index contributed by atoms with van der Waals surface area (Å²) in [6.07, 6.45) is 1.33. The van der Waals surface area contributed by atoms with Crippen molar-refractivity contribution in [1.82, 2.24) is 14.8 Å². The van der Waals surface area contributed by atoms with Crippen molar-refractivity contribution < 1.29 is 14.0 Å².